The van der Waals surface area contributed by atoms with Crippen LogP contribution < -0.4 is 5.73 Å². The third kappa shape index (κ3) is 2.47. The molecule has 0 saturated heterocycles. The minimum atomic E-state index is -0.448. The van der Waals surface area contributed by atoms with Crippen molar-refractivity contribution in [3.05, 3.63) is 47.9 Å². The first-order chi connectivity index (χ1) is 10.2. The van der Waals surface area contributed by atoms with Gasteiger partial charge in [-0.2, -0.15) is 0 Å². The lowest BCUT2D eigenvalue weighted by Gasteiger charge is -2.10. The van der Waals surface area contributed by atoms with E-state index in [-0.39, 0.29) is 0 Å². The molecule has 3 rings (SSSR count). The van der Waals surface area contributed by atoms with E-state index in [0.717, 1.165) is 35.1 Å². The van der Waals surface area contributed by atoms with Crippen molar-refractivity contribution in [3.8, 4) is 5.69 Å². The van der Waals surface area contributed by atoms with Crippen LogP contribution in [0.4, 0.5) is 0 Å². The molecule has 21 heavy (non-hydrogen) atoms. The van der Waals surface area contributed by atoms with Gasteiger partial charge in [0, 0.05) is 10.9 Å². The molecule has 0 atom stereocenters. The Kier molecular flexibility index (Phi) is 3.35. The Bertz CT molecular complexity index is 795. The van der Waals surface area contributed by atoms with Crippen molar-refractivity contribution in [2.45, 2.75) is 19.8 Å². The van der Waals surface area contributed by atoms with Crippen LogP contribution in [0, 0.1) is 0 Å². The predicted molar refractivity (Wildman–Crippen MR) is 79.2 cm³/mol. The second-order valence-corrected chi connectivity index (χ2v) is 4.82. The van der Waals surface area contributed by atoms with E-state index in [4.69, 9.17) is 5.73 Å². The number of hydrogen-bond donors (Lipinski definition) is 1. The lowest BCUT2D eigenvalue weighted by molar-refractivity contribution is 0.100. The number of nitrogens with two attached hydrogens (primary N) is 1. The van der Waals surface area contributed by atoms with E-state index >= 15 is 0 Å². The zero-order chi connectivity index (χ0) is 14.8. The number of hydrogen-bond acceptors (Lipinski definition) is 4. The number of rotatable bonds is 4. The van der Waals surface area contributed by atoms with Crippen molar-refractivity contribution >= 4 is 16.8 Å². The molecule has 106 valence electrons. The van der Waals surface area contributed by atoms with E-state index in [9.17, 15) is 4.79 Å². The minimum Gasteiger partial charge on any atom is -0.366 e. The predicted octanol–water partition coefficient (Wildman–Crippen LogP) is 1.87. The SMILES string of the molecule is CCCc1nc2cc(C(N)=O)ccc2cc1-n1ccnn1. The fourth-order valence-corrected chi connectivity index (χ4v) is 2.30. The quantitative estimate of drug-likeness (QED) is 0.790. The maximum Gasteiger partial charge on any atom is 0.248 e. The molecule has 3 aromatic rings. The van der Waals surface area contributed by atoms with Crippen molar-refractivity contribution in [3.63, 3.8) is 0 Å². The third-order valence-corrected chi connectivity index (χ3v) is 3.31. The summed E-state index contributed by atoms with van der Waals surface area (Å²) in [5, 5.41) is 8.81. The largest absolute Gasteiger partial charge is 0.366 e. The molecule has 0 fully saturated rings. The second-order valence-electron chi connectivity index (χ2n) is 4.82. The highest BCUT2D eigenvalue weighted by molar-refractivity contribution is 5.97. The monoisotopic (exact) mass is 281 g/mol. The molecular formula is C15H15N5O. The van der Waals surface area contributed by atoms with Gasteiger partial charge in [-0.1, -0.05) is 24.6 Å². The fourth-order valence-electron chi connectivity index (χ4n) is 2.30. The van der Waals surface area contributed by atoms with Crippen LogP contribution in [0.15, 0.2) is 36.7 Å². The second kappa shape index (κ2) is 5.32. The van der Waals surface area contributed by atoms with Crippen LogP contribution in [-0.4, -0.2) is 25.9 Å². The molecule has 6 heteroatoms. The Morgan fingerprint density at radius 2 is 2.19 bits per heavy atom. The van der Waals surface area contributed by atoms with Gasteiger partial charge in [0.05, 0.1) is 29.3 Å². The summed E-state index contributed by atoms with van der Waals surface area (Å²) in [7, 11) is 0. The first-order valence-electron chi connectivity index (χ1n) is 6.79. The number of aromatic nitrogens is 4. The number of nitrogens with zero attached hydrogens (tertiary/aromatic N) is 4. The summed E-state index contributed by atoms with van der Waals surface area (Å²) in [6, 6.07) is 7.28. The van der Waals surface area contributed by atoms with Crippen LogP contribution in [0.5, 0.6) is 0 Å². The van der Waals surface area contributed by atoms with Crippen molar-refractivity contribution in [1.82, 2.24) is 20.0 Å². The number of carbonyl (C=O) groups is 1. The van der Waals surface area contributed by atoms with E-state index in [1.54, 1.807) is 29.2 Å². The van der Waals surface area contributed by atoms with Gasteiger partial charge >= 0.3 is 0 Å². The summed E-state index contributed by atoms with van der Waals surface area (Å²) < 4.78 is 1.71. The van der Waals surface area contributed by atoms with E-state index in [0.29, 0.717) is 5.56 Å². The lowest BCUT2D eigenvalue weighted by Crippen LogP contribution is -2.11. The topological polar surface area (TPSA) is 86.7 Å². The van der Waals surface area contributed by atoms with Crippen LogP contribution in [0.3, 0.4) is 0 Å². The zero-order valence-corrected chi connectivity index (χ0v) is 11.7. The van der Waals surface area contributed by atoms with Gasteiger partial charge in [0.2, 0.25) is 5.91 Å². The van der Waals surface area contributed by atoms with Gasteiger partial charge in [-0.05, 0) is 24.6 Å². The van der Waals surface area contributed by atoms with Crippen LogP contribution >= 0.6 is 0 Å². The molecule has 2 aromatic heterocycles. The highest BCUT2D eigenvalue weighted by Gasteiger charge is 2.10. The number of fused-ring (bicyclic) bond motifs is 1. The Balaban J connectivity index is 2.21. The van der Waals surface area contributed by atoms with E-state index < -0.39 is 5.91 Å². The summed E-state index contributed by atoms with van der Waals surface area (Å²) in [5.41, 5.74) is 8.38. The zero-order valence-electron chi connectivity index (χ0n) is 11.7. The fraction of sp³-hybridized carbons (Fsp3) is 0.200. The molecule has 0 saturated carbocycles. The molecule has 0 bridgehead atoms. The summed E-state index contributed by atoms with van der Waals surface area (Å²) in [5.74, 6) is -0.448. The van der Waals surface area contributed by atoms with Gasteiger partial charge in [-0.3, -0.25) is 9.78 Å². The van der Waals surface area contributed by atoms with Gasteiger partial charge in [0.25, 0.3) is 0 Å². The van der Waals surface area contributed by atoms with Gasteiger partial charge in [0.15, 0.2) is 0 Å². The van der Waals surface area contributed by atoms with Crippen molar-refractivity contribution in [2.75, 3.05) is 0 Å². The van der Waals surface area contributed by atoms with Gasteiger partial charge in [-0.25, -0.2) is 4.68 Å². The summed E-state index contributed by atoms with van der Waals surface area (Å²) in [6.45, 7) is 2.09. The molecule has 1 aromatic carbocycles. The number of benzene rings is 1. The van der Waals surface area contributed by atoms with Gasteiger partial charge in [-0.15, -0.1) is 5.10 Å². The molecule has 1 amide bonds. The van der Waals surface area contributed by atoms with Gasteiger partial charge < -0.3 is 5.73 Å². The average Bonchev–Trinajstić information content (AvgIpc) is 3.00. The van der Waals surface area contributed by atoms with Gasteiger partial charge in [0.1, 0.15) is 0 Å². The molecule has 2 heterocycles. The van der Waals surface area contributed by atoms with Crippen LogP contribution in [0.2, 0.25) is 0 Å². The average molecular weight is 281 g/mol. The minimum absolute atomic E-state index is 0.448. The number of carbonyl (C=O) groups excluding carboxylic acids is 1. The molecule has 0 aliphatic carbocycles. The molecule has 0 aliphatic rings. The summed E-state index contributed by atoms with van der Waals surface area (Å²) in [6.07, 6.45) is 5.22. The molecule has 0 spiro atoms. The maximum atomic E-state index is 11.3. The van der Waals surface area contributed by atoms with E-state index in [2.05, 4.69) is 22.2 Å². The number of pyridine rings is 1. The van der Waals surface area contributed by atoms with Crippen molar-refractivity contribution in [1.29, 1.82) is 0 Å². The number of primary amides is 1. The maximum absolute atomic E-state index is 11.3. The molecule has 0 radical (unpaired) electrons. The number of aryl methyl sites for hydroxylation is 1. The molecular weight excluding hydrogens is 266 g/mol. The standard InChI is InChI=1S/C15H15N5O/c1-2-3-12-14(20-7-6-17-19-20)9-10-4-5-11(15(16)21)8-13(10)18-12/h4-9H,2-3H2,1H3,(H2,16,21). The Morgan fingerprint density at radius 1 is 1.33 bits per heavy atom. The molecule has 6 nitrogen and oxygen atoms in total. The van der Waals surface area contributed by atoms with Crippen LogP contribution in [-0.2, 0) is 6.42 Å². The number of amides is 1. The molecule has 2 N–H and O–H groups in total. The highest BCUT2D eigenvalue weighted by atomic mass is 16.1. The Hall–Kier alpha value is -2.76. The van der Waals surface area contributed by atoms with Crippen LogP contribution in [0.25, 0.3) is 16.6 Å². The summed E-state index contributed by atoms with van der Waals surface area (Å²) >= 11 is 0. The first kappa shape index (κ1) is 13.2. The Morgan fingerprint density at radius 3 is 2.86 bits per heavy atom. The summed E-state index contributed by atoms with van der Waals surface area (Å²) in [4.78, 5) is 15.9. The van der Waals surface area contributed by atoms with Crippen LogP contribution in [0.1, 0.15) is 29.4 Å². The lowest BCUT2D eigenvalue weighted by atomic mass is 10.1. The van der Waals surface area contributed by atoms with E-state index in [1.165, 1.54) is 0 Å². The molecule has 0 aliphatic heterocycles. The first-order valence-corrected chi connectivity index (χ1v) is 6.79. The molecule has 0 unspecified atom stereocenters. The normalized spacial score (nSPS) is 10.9. The van der Waals surface area contributed by atoms with Crippen molar-refractivity contribution in [2.24, 2.45) is 5.73 Å². The van der Waals surface area contributed by atoms with Crippen molar-refractivity contribution < 1.29 is 4.79 Å². The van der Waals surface area contributed by atoms with E-state index in [1.807, 2.05) is 12.1 Å². The Labute approximate surface area is 121 Å². The smallest absolute Gasteiger partial charge is 0.248 e. The third-order valence-electron chi connectivity index (χ3n) is 3.31. The highest BCUT2D eigenvalue weighted by Crippen LogP contribution is 2.21.